The lowest BCUT2D eigenvalue weighted by Crippen LogP contribution is -2.34. The van der Waals surface area contributed by atoms with Crippen LogP contribution in [0.2, 0.25) is 0 Å². The molecule has 1 heterocycles. The normalized spacial score (nSPS) is 14.5. The second-order valence-electron chi connectivity index (χ2n) is 6.37. The van der Waals surface area contributed by atoms with Crippen LogP contribution in [0, 0.1) is 10.1 Å². The van der Waals surface area contributed by atoms with Crippen LogP contribution in [0.5, 0.6) is 0 Å². The molecule has 8 heteroatoms. The number of nitrogens with zero attached hydrogens (tertiary/aromatic N) is 2. The zero-order chi connectivity index (χ0) is 20.1. The molecule has 146 valence electrons. The van der Waals surface area contributed by atoms with Gasteiger partial charge in [0.2, 0.25) is 6.10 Å². The number of ether oxygens (including phenoxy) is 1. The fourth-order valence-electron chi connectivity index (χ4n) is 3.13. The maximum atomic E-state index is 12.9. The number of hydrogen-bond donors (Lipinski definition) is 0. The molecule has 1 fully saturated rings. The third-order valence-corrected chi connectivity index (χ3v) is 5.37. The van der Waals surface area contributed by atoms with E-state index in [1.807, 2.05) is 6.07 Å². The summed E-state index contributed by atoms with van der Waals surface area (Å²) < 4.78 is 5.55. The van der Waals surface area contributed by atoms with Crippen molar-refractivity contribution in [3.63, 3.8) is 0 Å². The van der Waals surface area contributed by atoms with E-state index in [2.05, 4.69) is 0 Å². The van der Waals surface area contributed by atoms with Gasteiger partial charge >= 0.3 is 5.97 Å². The van der Waals surface area contributed by atoms with Gasteiger partial charge in [-0.25, -0.2) is 4.79 Å². The van der Waals surface area contributed by atoms with Crippen LogP contribution in [-0.4, -0.2) is 41.0 Å². The number of nitro benzene ring substituents is 1. The van der Waals surface area contributed by atoms with Crippen molar-refractivity contribution in [2.45, 2.75) is 23.8 Å². The lowest BCUT2D eigenvalue weighted by molar-refractivity contribution is -0.387. The molecule has 3 rings (SSSR count). The Kier molecular flexibility index (Phi) is 6.30. The van der Waals surface area contributed by atoms with Crippen LogP contribution in [0.3, 0.4) is 0 Å². The molecule has 2 aromatic carbocycles. The number of carbonyl (C=O) groups is 2. The fraction of sp³-hybridized carbons (Fsp3) is 0.300. The van der Waals surface area contributed by atoms with Crippen molar-refractivity contribution in [1.82, 2.24) is 4.90 Å². The molecule has 0 aromatic heterocycles. The topological polar surface area (TPSA) is 89.8 Å². The molecule has 0 bridgehead atoms. The first kappa shape index (κ1) is 19.9. The van der Waals surface area contributed by atoms with E-state index < -0.39 is 17.0 Å². The third-order valence-electron chi connectivity index (χ3n) is 4.58. The Balaban J connectivity index is 1.88. The minimum absolute atomic E-state index is 0.0413. The van der Waals surface area contributed by atoms with Crippen molar-refractivity contribution in [3.8, 4) is 0 Å². The summed E-state index contributed by atoms with van der Waals surface area (Å²) in [7, 11) is 0. The molecule has 7 nitrogen and oxygen atoms in total. The maximum absolute atomic E-state index is 12.9. The van der Waals surface area contributed by atoms with Gasteiger partial charge in [0.05, 0.1) is 15.4 Å². The quantitative estimate of drug-likeness (QED) is 0.317. The smallest absolute Gasteiger partial charge is 0.339 e. The Bertz CT molecular complexity index is 881. The Morgan fingerprint density at radius 2 is 1.82 bits per heavy atom. The number of amides is 1. The number of hydrogen-bond acceptors (Lipinski definition) is 6. The van der Waals surface area contributed by atoms with Gasteiger partial charge in [-0.05, 0) is 31.2 Å². The van der Waals surface area contributed by atoms with E-state index in [0.29, 0.717) is 23.5 Å². The number of esters is 1. The second kappa shape index (κ2) is 8.88. The van der Waals surface area contributed by atoms with E-state index in [1.54, 1.807) is 35.4 Å². The minimum atomic E-state index is -1.08. The molecule has 1 atom stereocenters. The third kappa shape index (κ3) is 4.33. The monoisotopic (exact) mass is 400 g/mol. The summed E-state index contributed by atoms with van der Waals surface area (Å²) in [6.45, 7) is 1.27. The Morgan fingerprint density at radius 3 is 2.43 bits per heavy atom. The number of benzene rings is 2. The predicted octanol–water partition coefficient (Wildman–Crippen LogP) is 3.84. The van der Waals surface area contributed by atoms with E-state index in [4.69, 9.17) is 4.74 Å². The zero-order valence-electron chi connectivity index (χ0n) is 15.4. The van der Waals surface area contributed by atoms with E-state index in [-0.39, 0.29) is 17.2 Å². The predicted molar refractivity (Wildman–Crippen MR) is 105 cm³/mol. The Morgan fingerprint density at radius 1 is 1.14 bits per heavy atom. The van der Waals surface area contributed by atoms with Crippen LogP contribution in [0.15, 0.2) is 53.4 Å². The number of carbonyl (C=O) groups excluding carboxylic acids is 2. The average Bonchev–Trinajstić information content (AvgIpc) is 3.26. The zero-order valence-corrected chi connectivity index (χ0v) is 16.2. The maximum Gasteiger partial charge on any atom is 0.339 e. The lowest BCUT2D eigenvalue weighted by Gasteiger charge is -2.23. The van der Waals surface area contributed by atoms with Crippen LogP contribution in [0.4, 0.5) is 5.69 Å². The van der Waals surface area contributed by atoms with Crippen molar-refractivity contribution in [1.29, 1.82) is 0 Å². The van der Waals surface area contributed by atoms with Gasteiger partial charge in [0.25, 0.3) is 11.6 Å². The molecule has 1 unspecified atom stereocenters. The molecule has 28 heavy (non-hydrogen) atoms. The highest BCUT2D eigenvalue weighted by Crippen LogP contribution is 2.30. The fourth-order valence-corrected chi connectivity index (χ4v) is 3.67. The molecule has 2 aromatic rings. The van der Waals surface area contributed by atoms with Gasteiger partial charge in [-0.2, -0.15) is 0 Å². The van der Waals surface area contributed by atoms with Gasteiger partial charge in [-0.3, -0.25) is 14.9 Å². The molecular formula is C20H20N2O5S. The van der Waals surface area contributed by atoms with Crippen molar-refractivity contribution >= 4 is 29.3 Å². The summed E-state index contributed by atoms with van der Waals surface area (Å²) in [5, 5.41) is 11.3. The highest BCUT2D eigenvalue weighted by Gasteiger charge is 2.31. The SMILES string of the molecule is CSc1ccc(C(=O)OC(C(=O)N2CCCC2)c2ccccc2)cc1[N+](=O)[O-]. The number of rotatable bonds is 6. The number of nitro groups is 1. The van der Waals surface area contributed by atoms with Crippen molar-refractivity contribution in [2.24, 2.45) is 0 Å². The first-order valence-corrected chi connectivity index (χ1v) is 10.1. The summed E-state index contributed by atoms with van der Waals surface area (Å²) in [6.07, 6.45) is 2.49. The summed E-state index contributed by atoms with van der Waals surface area (Å²) in [4.78, 5) is 38.5. The second-order valence-corrected chi connectivity index (χ2v) is 7.22. The summed E-state index contributed by atoms with van der Waals surface area (Å²) in [5.74, 6) is -1.04. The van der Waals surface area contributed by atoms with Crippen LogP contribution >= 0.6 is 11.8 Å². The minimum Gasteiger partial charge on any atom is -0.444 e. The largest absolute Gasteiger partial charge is 0.444 e. The molecule has 0 radical (unpaired) electrons. The summed E-state index contributed by atoms with van der Waals surface area (Å²) >= 11 is 1.22. The number of likely N-dealkylation sites (tertiary alicyclic amines) is 1. The van der Waals surface area contributed by atoms with Gasteiger partial charge in [0.15, 0.2) is 0 Å². The van der Waals surface area contributed by atoms with E-state index >= 15 is 0 Å². The molecule has 1 aliphatic heterocycles. The first-order valence-electron chi connectivity index (χ1n) is 8.88. The molecule has 0 aliphatic carbocycles. The molecular weight excluding hydrogens is 380 g/mol. The molecule has 0 saturated carbocycles. The lowest BCUT2D eigenvalue weighted by atomic mass is 10.1. The van der Waals surface area contributed by atoms with Crippen molar-refractivity contribution < 1.29 is 19.2 Å². The van der Waals surface area contributed by atoms with E-state index in [1.165, 1.54) is 30.0 Å². The molecule has 1 aliphatic rings. The Labute approximate surface area is 166 Å². The summed E-state index contributed by atoms with van der Waals surface area (Å²) in [6, 6.07) is 13.0. The highest BCUT2D eigenvalue weighted by molar-refractivity contribution is 7.98. The van der Waals surface area contributed by atoms with Crippen molar-refractivity contribution in [3.05, 3.63) is 69.8 Å². The molecule has 0 spiro atoms. The van der Waals surface area contributed by atoms with E-state index in [9.17, 15) is 19.7 Å². The van der Waals surface area contributed by atoms with Crippen LogP contribution in [0.25, 0.3) is 0 Å². The van der Waals surface area contributed by atoms with Gasteiger partial charge in [0.1, 0.15) is 0 Å². The molecule has 1 saturated heterocycles. The average molecular weight is 400 g/mol. The number of thioether (sulfide) groups is 1. The van der Waals surface area contributed by atoms with Crippen LogP contribution in [0.1, 0.15) is 34.9 Å². The van der Waals surface area contributed by atoms with Gasteiger partial charge in [-0.15, -0.1) is 11.8 Å². The van der Waals surface area contributed by atoms with Crippen LogP contribution in [-0.2, 0) is 9.53 Å². The summed E-state index contributed by atoms with van der Waals surface area (Å²) in [5.41, 5.74) is 0.451. The first-order chi connectivity index (χ1) is 13.5. The van der Waals surface area contributed by atoms with Gasteiger partial charge in [-0.1, -0.05) is 30.3 Å². The molecule has 1 amide bonds. The van der Waals surface area contributed by atoms with Gasteiger partial charge < -0.3 is 9.64 Å². The van der Waals surface area contributed by atoms with Gasteiger partial charge in [0, 0.05) is 24.7 Å². The standard InChI is InChI=1S/C20H20N2O5S/c1-28-17-10-9-15(13-16(17)22(25)26)20(24)27-18(14-7-3-2-4-8-14)19(23)21-11-5-6-12-21/h2-4,7-10,13,18H,5-6,11-12H2,1H3. The van der Waals surface area contributed by atoms with E-state index in [0.717, 1.165) is 12.8 Å². The highest BCUT2D eigenvalue weighted by atomic mass is 32.2. The van der Waals surface area contributed by atoms with Crippen molar-refractivity contribution in [2.75, 3.05) is 19.3 Å². The Hall–Kier alpha value is -2.87. The molecule has 0 N–H and O–H groups in total. The van der Waals surface area contributed by atoms with Crippen LogP contribution < -0.4 is 0 Å².